The minimum Gasteiger partial charge on any atom is -0.375 e. The summed E-state index contributed by atoms with van der Waals surface area (Å²) in [4.78, 5) is 17.0. The number of nitrogens with two attached hydrogens (primary N) is 2. The maximum Gasteiger partial charge on any atom is 0.237 e. The van der Waals surface area contributed by atoms with Crippen molar-refractivity contribution in [2.75, 3.05) is 5.73 Å². The molecule has 1 unspecified atom stereocenters. The highest BCUT2D eigenvalue weighted by Gasteiger charge is 2.15. The standard InChI is InChI=1S/C17H18N4OS/c18-15(16(22)20-9-13-10-21-17(19)23-13)8-12-6-3-5-11-4-1-2-7-14(11)12/h1-7,10,15H,8-9,18H2,(H2,19,21)(H,20,22). The van der Waals surface area contributed by atoms with Gasteiger partial charge in [-0.25, -0.2) is 4.98 Å². The van der Waals surface area contributed by atoms with E-state index in [1.807, 2.05) is 24.3 Å². The maximum absolute atomic E-state index is 12.2. The molecule has 6 heteroatoms. The van der Waals surface area contributed by atoms with E-state index in [2.05, 4.69) is 28.5 Å². The molecule has 0 aliphatic rings. The Morgan fingerprint density at radius 2 is 2.00 bits per heavy atom. The van der Waals surface area contributed by atoms with Crippen LogP contribution in [-0.2, 0) is 17.8 Å². The third-order valence-corrected chi connectivity index (χ3v) is 4.49. The van der Waals surface area contributed by atoms with E-state index >= 15 is 0 Å². The summed E-state index contributed by atoms with van der Waals surface area (Å²) < 4.78 is 0. The van der Waals surface area contributed by atoms with Gasteiger partial charge in [0.1, 0.15) is 0 Å². The number of nitrogens with one attached hydrogen (secondary N) is 1. The topological polar surface area (TPSA) is 94.0 Å². The summed E-state index contributed by atoms with van der Waals surface area (Å²) >= 11 is 1.36. The Balaban J connectivity index is 1.65. The van der Waals surface area contributed by atoms with Gasteiger partial charge in [-0.15, -0.1) is 11.3 Å². The zero-order valence-corrected chi connectivity index (χ0v) is 13.3. The summed E-state index contributed by atoms with van der Waals surface area (Å²) in [6.45, 7) is 0.400. The molecule has 0 radical (unpaired) electrons. The lowest BCUT2D eigenvalue weighted by atomic mass is 9.99. The monoisotopic (exact) mass is 326 g/mol. The summed E-state index contributed by atoms with van der Waals surface area (Å²) in [6.07, 6.45) is 2.16. The van der Waals surface area contributed by atoms with Crippen LogP contribution in [0.2, 0.25) is 0 Å². The first-order chi connectivity index (χ1) is 11.1. The zero-order chi connectivity index (χ0) is 16.2. The summed E-state index contributed by atoms with van der Waals surface area (Å²) in [5.74, 6) is -0.176. The van der Waals surface area contributed by atoms with Crippen molar-refractivity contribution in [3.8, 4) is 0 Å². The molecular weight excluding hydrogens is 308 g/mol. The minimum absolute atomic E-state index is 0.176. The normalized spacial score (nSPS) is 12.2. The third-order valence-electron chi connectivity index (χ3n) is 3.66. The maximum atomic E-state index is 12.2. The first kappa shape index (κ1) is 15.5. The molecule has 0 saturated heterocycles. The molecule has 0 fully saturated rings. The van der Waals surface area contributed by atoms with Crippen LogP contribution in [0.3, 0.4) is 0 Å². The fraction of sp³-hybridized carbons (Fsp3) is 0.176. The van der Waals surface area contributed by atoms with Gasteiger partial charge in [0.15, 0.2) is 5.13 Å². The predicted octanol–water partition coefficient (Wildman–Crippen LogP) is 2.06. The predicted molar refractivity (Wildman–Crippen MR) is 94.0 cm³/mol. The second-order valence-corrected chi connectivity index (χ2v) is 6.48. The number of hydrogen-bond donors (Lipinski definition) is 3. The molecule has 0 aliphatic carbocycles. The van der Waals surface area contributed by atoms with Crippen LogP contribution >= 0.6 is 11.3 Å². The average Bonchev–Trinajstić information content (AvgIpc) is 2.98. The van der Waals surface area contributed by atoms with Gasteiger partial charge >= 0.3 is 0 Å². The second-order valence-electron chi connectivity index (χ2n) is 5.33. The number of carbonyl (C=O) groups is 1. The summed E-state index contributed by atoms with van der Waals surface area (Å²) in [7, 11) is 0. The van der Waals surface area contributed by atoms with Crippen LogP contribution in [0, 0.1) is 0 Å². The molecule has 3 aromatic rings. The van der Waals surface area contributed by atoms with Crippen LogP contribution in [0.1, 0.15) is 10.4 Å². The van der Waals surface area contributed by atoms with Gasteiger partial charge in [-0.1, -0.05) is 42.5 Å². The van der Waals surface area contributed by atoms with Gasteiger partial charge in [0.05, 0.1) is 12.6 Å². The van der Waals surface area contributed by atoms with Crippen LogP contribution in [0.4, 0.5) is 5.13 Å². The molecule has 1 atom stereocenters. The molecule has 0 saturated carbocycles. The summed E-state index contributed by atoms with van der Waals surface area (Å²) in [5, 5.41) is 5.61. The Bertz CT molecular complexity index is 825. The molecule has 0 aliphatic heterocycles. The van der Waals surface area contributed by atoms with Gasteiger partial charge in [-0.3, -0.25) is 4.79 Å². The van der Waals surface area contributed by atoms with E-state index in [9.17, 15) is 4.79 Å². The zero-order valence-electron chi connectivity index (χ0n) is 12.5. The van der Waals surface area contributed by atoms with Gasteiger partial charge in [0, 0.05) is 11.1 Å². The van der Waals surface area contributed by atoms with Crippen molar-refractivity contribution in [3.63, 3.8) is 0 Å². The number of carbonyl (C=O) groups excluding carboxylic acids is 1. The molecule has 118 valence electrons. The van der Waals surface area contributed by atoms with Crippen LogP contribution in [0.5, 0.6) is 0 Å². The lowest BCUT2D eigenvalue weighted by molar-refractivity contribution is -0.122. The summed E-state index contributed by atoms with van der Waals surface area (Å²) in [6, 6.07) is 13.6. The first-order valence-electron chi connectivity index (χ1n) is 7.33. The molecule has 1 aromatic heterocycles. The van der Waals surface area contributed by atoms with Gasteiger partial charge < -0.3 is 16.8 Å². The van der Waals surface area contributed by atoms with E-state index in [4.69, 9.17) is 11.5 Å². The van der Waals surface area contributed by atoms with Gasteiger partial charge in [0.2, 0.25) is 5.91 Å². The number of nitrogens with zero attached hydrogens (tertiary/aromatic N) is 1. The van der Waals surface area contributed by atoms with Crippen molar-refractivity contribution in [3.05, 3.63) is 59.1 Å². The number of nitrogen functional groups attached to an aromatic ring is 1. The number of anilines is 1. The Labute approximate surface area is 138 Å². The first-order valence-corrected chi connectivity index (χ1v) is 8.15. The number of benzene rings is 2. The van der Waals surface area contributed by atoms with Crippen molar-refractivity contribution in [1.29, 1.82) is 0 Å². The molecule has 0 spiro atoms. The van der Waals surface area contributed by atoms with Gasteiger partial charge in [-0.2, -0.15) is 0 Å². The molecule has 3 rings (SSSR count). The second kappa shape index (κ2) is 6.76. The molecule has 5 N–H and O–H groups in total. The van der Waals surface area contributed by atoms with E-state index in [1.165, 1.54) is 11.3 Å². The van der Waals surface area contributed by atoms with Crippen LogP contribution in [0.15, 0.2) is 48.7 Å². The smallest absolute Gasteiger partial charge is 0.237 e. The van der Waals surface area contributed by atoms with E-state index < -0.39 is 6.04 Å². The van der Waals surface area contributed by atoms with Crippen molar-refractivity contribution in [2.45, 2.75) is 19.0 Å². The third kappa shape index (κ3) is 3.67. The number of rotatable bonds is 5. The summed E-state index contributed by atoms with van der Waals surface area (Å²) in [5.41, 5.74) is 12.7. The van der Waals surface area contributed by atoms with Crippen molar-refractivity contribution < 1.29 is 4.79 Å². The Morgan fingerprint density at radius 3 is 2.78 bits per heavy atom. The van der Waals surface area contributed by atoms with E-state index in [-0.39, 0.29) is 5.91 Å². The quantitative estimate of drug-likeness (QED) is 0.669. The fourth-order valence-electron chi connectivity index (χ4n) is 2.51. The van der Waals surface area contributed by atoms with E-state index in [0.29, 0.717) is 18.1 Å². The lowest BCUT2D eigenvalue weighted by Gasteiger charge is -2.13. The highest BCUT2D eigenvalue weighted by Crippen LogP contribution is 2.19. The molecule has 2 aromatic carbocycles. The number of fused-ring (bicyclic) bond motifs is 1. The average molecular weight is 326 g/mol. The van der Waals surface area contributed by atoms with Gasteiger partial charge in [-0.05, 0) is 22.8 Å². The van der Waals surface area contributed by atoms with E-state index in [1.54, 1.807) is 6.20 Å². The molecule has 23 heavy (non-hydrogen) atoms. The van der Waals surface area contributed by atoms with Crippen molar-refractivity contribution in [1.82, 2.24) is 10.3 Å². The largest absolute Gasteiger partial charge is 0.375 e. The minimum atomic E-state index is -0.592. The highest BCUT2D eigenvalue weighted by atomic mass is 32.1. The van der Waals surface area contributed by atoms with Crippen LogP contribution in [-0.4, -0.2) is 16.9 Å². The van der Waals surface area contributed by atoms with E-state index in [0.717, 1.165) is 21.2 Å². The number of amides is 1. The Morgan fingerprint density at radius 1 is 1.22 bits per heavy atom. The van der Waals surface area contributed by atoms with Crippen molar-refractivity contribution >= 4 is 33.1 Å². The number of thiazole rings is 1. The lowest BCUT2D eigenvalue weighted by Crippen LogP contribution is -2.41. The van der Waals surface area contributed by atoms with Crippen LogP contribution in [0.25, 0.3) is 10.8 Å². The molecule has 1 heterocycles. The number of aromatic nitrogens is 1. The molecule has 1 amide bonds. The highest BCUT2D eigenvalue weighted by molar-refractivity contribution is 7.15. The number of hydrogen-bond acceptors (Lipinski definition) is 5. The Hall–Kier alpha value is -2.44. The molecular formula is C17H18N4OS. The SMILES string of the molecule is Nc1ncc(CNC(=O)C(N)Cc2cccc3ccccc23)s1. The van der Waals surface area contributed by atoms with Crippen LogP contribution < -0.4 is 16.8 Å². The van der Waals surface area contributed by atoms with Crippen molar-refractivity contribution in [2.24, 2.45) is 5.73 Å². The van der Waals surface area contributed by atoms with Gasteiger partial charge in [0.25, 0.3) is 0 Å². The molecule has 5 nitrogen and oxygen atoms in total. The fourth-order valence-corrected chi connectivity index (χ4v) is 3.13. The molecule has 0 bridgehead atoms. The Kier molecular flexibility index (Phi) is 4.55.